The lowest BCUT2D eigenvalue weighted by atomic mass is 9.94. The molecule has 3 aromatic rings. The Morgan fingerprint density at radius 1 is 0.719 bits per heavy atom. The van der Waals surface area contributed by atoms with Crippen LogP contribution in [-0.2, 0) is 6.42 Å². The number of rotatable bonds is 5. The number of hydrogen-bond acceptors (Lipinski definition) is 3. The third-order valence-electron chi connectivity index (χ3n) is 5.26. The zero-order valence-electron chi connectivity index (χ0n) is 19.6. The van der Waals surface area contributed by atoms with E-state index in [9.17, 15) is 14.7 Å². The maximum atomic E-state index is 12.5. The molecule has 0 saturated carbocycles. The topological polar surface area (TPSA) is 57.6 Å². The highest BCUT2D eigenvalue weighted by Gasteiger charge is 2.36. The zero-order valence-corrected chi connectivity index (χ0v) is 19.6. The molecule has 0 spiro atoms. The molecule has 4 nitrogen and oxygen atoms in total. The van der Waals surface area contributed by atoms with Gasteiger partial charge in [0.05, 0.1) is 23.8 Å². The van der Waals surface area contributed by atoms with Crippen molar-refractivity contribution in [2.45, 2.75) is 47.1 Å². The van der Waals surface area contributed by atoms with Crippen LogP contribution in [0.4, 0.5) is 0 Å². The summed E-state index contributed by atoms with van der Waals surface area (Å²) in [6.45, 7) is 10.0. The highest BCUT2D eigenvalue weighted by Crippen LogP contribution is 2.27. The molecule has 4 heteroatoms. The van der Waals surface area contributed by atoms with Crippen LogP contribution in [0.25, 0.3) is 11.1 Å². The minimum Gasteiger partial charge on any atom is -0.391 e. The summed E-state index contributed by atoms with van der Waals surface area (Å²) in [7, 11) is 0. The molecule has 0 aromatic heterocycles. The van der Waals surface area contributed by atoms with Crippen molar-refractivity contribution in [2.24, 2.45) is 0 Å². The minimum absolute atomic E-state index is 0.0125. The molecule has 1 aliphatic rings. The Morgan fingerprint density at radius 2 is 1.22 bits per heavy atom. The SMILES string of the molecule is CC.CC.Cc1c(CC(O)CN2C(=O)c3ccccc3C2=O)cccc1-c1ccccc1. The van der Waals surface area contributed by atoms with E-state index in [-0.39, 0.29) is 18.4 Å². The lowest BCUT2D eigenvalue weighted by molar-refractivity contribution is 0.0544. The Labute approximate surface area is 191 Å². The van der Waals surface area contributed by atoms with Crippen LogP contribution in [0.5, 0.6) is 0 Å². The van der Waals surface area contributed by atoms with Crippen LogP contribution < -0.4 is 0 Å². The van der Waals surface area contributed by atoms with Crippen LogP contribution >= 0.6 is 0 Å². The molecular formula is C28H33NO3. The second-order valence-corrected chi connectivity index (χ2v) is 7.08. The number of nitrogens with zero attached hydrogens (tertiary/aromatic N) is 1. The lowest BCUT2D eigenvalue weighted by Crippen LogP contribution is -2.37. The van der Waals surface area contributed by atoms with Crippen molar-refractivity contribution in [3.05, 3.63) is 95.1 Å². The van der Waals surface area contributed by atoms with Crippen LogP contribution in [-0.4, -0.2) is 34.5 Å². The third kappa shape index (κ3) is 5.32. The summed E-state index contributed by atoms with van der Waals surface area (Å²) in [5.41, 5.74) is 5.15. The van der Waals surface area contributed by atoms with E-state index < -0.39 is 6.10 Å². The smallest absolute Gasteiger partial charge is 0.261 e. The van der Waals surface area contributed by atoms with E-state index in [2.05, 4.69) is 18.2 Å². The van der Waals surface area contributed by atoms with Gasteiger partial charge in [0.15, 0.2) is 0 Å². The molecule has 1 unspecified atom stereocenters. The molecule has 1 atom stereocenters. The fourth-order valence-electron chi connectivity index (χ4n) is 3.77. The first kappa shape index (κ1) is 25.0. The first-order valence-electron chi connectivity index (χ1n) is 11.3. The molecule has 0 fully saturated rings. The van der Waals surface area contributed by atoms with Crippen molar-refractivity contribution in [1.82, 2.24) is 4.90 Å². The normalized spacial score (nSPS) is 12.9. The highest BCUT2D eigenvalue weighted by molar-refractivity contribution is 6.21. The number of carbonyl (C=O) groups excluding carboxylic acids is 2. The van der Waals surface area contributed by atoms with Gasteiger partial charge in [0.1, 0.15) is 0 Å². The van der Waals surface area contributed by atoms with E-state index in [4.69, 9.17) is 0 Å². The summed E-state index contributed by atoms with van der Waals surface area (Å²) in [5.74, 6) is -0.677. The number of benzene rings is 3. The van der Waals surface area contributed by atoms with Crippen LogP contribution in [0.15, 0.2) is 72.8 Å². The molecule has 4 rings (SSSR count). The Kier molecular flexibility index (Phi) is 9.36. The van der Waals surface area contributed by atoms with Crippen molar-refractivity contribution in [3.8, 4) is 11.1 Å². The summed E-state index contributed by atoms with van der Waals surface area (Å²) in [6.07, 6.45) is -0.452. The number of aliphatic hydroxyl groups is 1. The average Bonchev–Trinajstić information content (AvgIpc) is 3.08. The van der Waals surface area contributed by atoms with Crippen molar-refractivity contribution in [2.75, 3.05) is 6.54 Å². The standard InChI is InChI=1S/C24H21NO3.2C2H6/c1-16-18(10-7-13-20(16)17-8-3-2-4-9-17)14-19(26)15-25-23(27)21-11-5-6-12-22(21)24(25)28;2*1-2/h2-13,19,26H,14-15H2,1H3;2*1-2H3. The van der Waals surface area contributed by atoms with Gasteiger partial charge in [-0.3, -0.25) is 14.5 Å². The predicted octanol–water partition coefficient (Wildman–Crippen LogP) is 5.91. The fourth-order valence-corrected chi connectivity index (χ4v) is 3.77. The maximum absolute atomic E-state index is 12.5. The van der Waals surface area contributed by atoms with E-state index in [1.165, 1.54) is 0 Å². The van der Waals surface area contributed by atoms with Crippen molar-refractivity contribution in [3.63, 3.8) is 0 Å². The van der Waals surface area contributed by atoms with Gasteiger partial charge < -0.3 is 5.11 Å². The summed E-state index contributed by atoms with van der Waals surface area (Å²) in [5, 5.41) is 10.6. The van der Waals surface area contributed by atoms with E-state index >= 15 is 0 Å². The second-order valence-electron chi connectivity index (χ2n) is 7.08. The summed E-state index contributed by atoms with van der Waals surface area (Å²) < 4.78 is 0. The van der Waals surface area contributed by atoms with Gasteiger partial charge in [-0.2, -0.15) is 0 Å². The van der Waals surface area contributed by atoms with Crippen LogP contribution in [0.2, 0.25) is 0 Å². The average molecular weight is 432 g/mol. The van der Waals surface area contributed by atoms with E-state index in [0.29, 0.717) is 17.5 Å². The summed E-state index contributed by atoms with van der Waals surface area (Å²) in [6, 6.07) is 22.9. The number of imide groups is 1. The maximum Gasteiger partial charge on any atom is 0.261 e. The van der Waals surface area contributed by atoms with Crippen molar-refractivity contribution < 1.29 is 14.7 Å². The molecule has 32 heavy (non-hydrogen) atoms. The van der Waals surface area contributed by atoms with E-state index in [1.54, 1.807) is 24.3 Å². The van der Waals surface area contributed by atoms with Crippen molar-refractivity contribution >= 4 is 11.8 Å². The molecular weight excluding hydrogens is 398 g/mol. The Bertz CT molecular complexity index is 1010. The second kappa shape index (κ2) is 12.0. The molecule has 0 aliphatic carbocycles. The molecule has 1 aliphatic heterocycles. The quantitative estimate of drug-likeness (QED) is 0.511. The Morgan fingerprint density at radius 3 is 1.78 bits per heavy atom. The Balaban J connectivity index is 0.000000860. The first-order valence-corrected chi connectivity index (χ1v) is 11.3. The lowest BCUT2D eigenvalue weighted by Gasteiger charge is -2.20. The molecule has 1 N–H and O–H groups in total. The Hall–Kier alpha value is -3.24. The van der Waals surface area contributed by atoms with Gasteiger partial charge in [0.25, 0.3) is 11.8 Å². The molecule has 0 saturated heterocycles. The van der Waals surface area contributed by atoms with Gasteiger partial charge >= 0.3 is 0 Å². The van der Waals surface area contributed by atoms with Gasteiger partial charge in [-0.1, -0.05) is 88.4 Å². The van der Waals surface area contributed by atoms with E-state index in [1.807, 2.05) is 65.0 Å². The number of aliphatic hydroxyl groups excluding tert-OH is 1. The van der Waals surface area contributed by atoms with E-state index in [0.717, 1.165) is 27.2 Å². The highest BCUT2D eigenvalue weighted by atomic mass is 16.3. The van der Waals surface area contributed by atoms with Crippen molar-refractivity contribution in [1.29, 1.82) is 0 Å². The number of hydrogen-bond donors (Lipinski definition) is 1. The first-order chi connectivity index (χ1) is 15.6. The van der Waals surface area contributed by atoms with Gasteiger partial charge in [-0.05, 0) is 41.3 Å². The molecule has 0 radical (unpaired) electrons. The number of carbonyl (C=O) groups is 2. The molecule has 0 bridgehead atoms. The number of fused-ring (bicyclic) bond motifs is 1. The number of β-amino-alcohol motifs (C(OH)–C–C–N with tert-alkyl or cyclic N) is 1. The molecule has 168 valence electrons. The molecule has 3 aromatic carbocycles. The van der Waals surface area contributed by atoms with Crippen LogP contribution in [0.1, 0.15) is 59.5 Å². The van der Waals surface area contributed by atoms with Gasteiger partial charge in [-0.15, -0.1) is 0 Å². The number of amides is 2. The zero-order chi connectivity index (χ0) is 23.7. The van der Waals surface area contributed by atoms with Crippen LogP contribution in [0, 0.1) is 6.92 Å². The van der Waals surface area contributed by atoms with Gasteiger partial charge in [0.2, 0.25) is 0 Å². The summed E-state index contributed by atoms with van der Waals surface area (Å²) in [4.78, 5) is 26.1. The summed E-state index contributed by atoms with van der Waals surface area (Å²) >= 11 is 0. The van der Waals surface area contributed by atoms with Gasteiger partial charge in [-0.25, -0.2) is 0 Å². The molecule has 1 heterocycles. The third-order valence-corrected chi connectivity index (χ3v) is 5.26. The van der Waals surface area contributed by atoms with Gasteiger partial charge in [0, 0.05) is 6.42 Å². The fraction of sp³-hybridized carbons (Fsp3) is 0.286. The largest absolute Gasteiger partial charge is 0.391 e. The monoisotopic (exact) mass is 431 g/mol. The predicted molar refractivity (Wildman–Crippen MR) is 131 cm³/mol. The minimum atomic E-state index is -0.827. The van der Waals surface area contributed by atoms with Crippen LogP contribution in [0.3, 0.4) is 0 Å². The molecule has 2 amide bonds.